The average Bonchev–Trinajstić information content (AvgIpc) is 3.29. The molecule has 0 bridgehead atoms. The van der Waals surface area contributed by atoms with Crippen molar-refractivity contribution in [2.24, 2.45) is 5.92 Å². The SMILES string of the molecule is CC(C)c1cnnc(Nc2ccc3ncc(-c4cnn(CCCN5CC(C(=O)O)C5)c4)cc3n2)c1. The number of carboxylic acid groups (broad SMARTS) is 1. The normalized spacial score (nSPS) is 14.4. The lowest BCUT2D eigenvalue weighted by Crippen LogP contribution is -2.50. The Morgan fingerprint density at radius 1 is 1.09 bits per heavy atom. The third-order valence-corrected chi connectivity index (χ3v) is 6.27. The molecular weight excluding hydrogens is 444 g/mol. The lowest BCUT2D eigenvalue weighted by molar-refractivity contribution is -0.147. The standard InChI is InChI=1S/C25H28N8O2/c1-16(2)17-9-24(31-27-11-17)30-23-5-4-21-22(29-23)8-18(10-26-21)19-12-28-33(15-19)7-3-6-32-13-20(14-32)25(34)35/h4-5,8-12,15-16,20H,3,6-7,13-14H2,1-2H3,(H,34,35)(H,29,30,31). The highest BCUT2D eigenvalue weighted by Gasteiger charge is 2.31. The van der Waals surface area contributed by atoms with E-state index in [0.29, 0.717) is 30.6 Å². The second kappa shape index (κ2) is 9.75. The van der Waals surface area contributed by atoms with Gasteiger partial charge in [-0.25, -0.2) is 4.98 Å². The number of fused-ring (bicyclic) bond motifs is 1. The van der Waals surface area contributed by atoms with Crippen LogP contribution >= 0.6 is 0 Å². The maximum absolute atomic E-state index is 10.9. The average molecular weight is 473 g/mol. The van der Waals surface area contributed by atoms with Crippen LogP contribution in [0.4, 0.5) is 11.6 Å². The fourth-order valence-electron chi connectivity index (χ4n) is 4.12. The molecule has 10 nitrogen and oxygen atoms in total. The van der Waals surface area contributed by atoms with E-state index in [9.17, 15) is 4.79 Å². The summed E-state index contributed by atoms with van der Waals surface area (Å²) < 4.78 is 1.92. The predicted octanol–water partition coefficient (Wildman–Crippen LogP) is 3.56. The Bertz CT molecular complexity index is 1350. The van der Waals surface area contributed by atoms with E-state index in [2.05, 4.69) is 44.3 Å². The number of likely N-dealkylation sites (tertiary alicyclic amines) is 1. The van der Waals surface area contributed by atoms with Crippen molar-refractivity contribution in [3.8, 4) is 11.1 Å². The highest BCUT2D eigenvalue weighted by atomic mass is 16.4. The number of nitrogens with one attached hydrogen (secondary N) is 1. The Kier molecular flexibility index (Phi) is 6.37. The number of carbonyl (C=O) groups is 1. The topological polar surface area (TPSA) is 122 Å². The van der Waals surface area contributed by atoms with E-state index >= 15 is 0 Å². The first-order valence-corrected chi connectivity index (χ1v) is 11.8. The number of pyridine rings is 2. The molecule has 5 heterocycles. The molecule has 0 aromatic carbocycles. The Balaban J connectivity index is 1.24. The summed E-state index contributed by atoms with van der Waals surface area (Å²) in [6, 6.07) is 7.81. The lowest BCUT2D eigenvalue weighted by atomic mass is 10.0. The van der Waals surface area contributed by atoms with Gasteiger partial charge in [0, 0.05) is 43.2 Å². The molecule has 0 saturated carbocycles. The minimum absolute atomic E-state index is 0.214. The molecule has 5 rings (SSSR count). The van der Waals surface area contributed by atoms with Gasteiger partial charge in [-0.1, -0.05) is 13.8 Å². The molecule has 4 aromatic rings. The molecule has 0 atom stereocenters. The largest absolute Gasteiger partial charge is 0.481 e. The summed E-state index contributed by atoms with van der Waals surface area (Å²) >= 11 is 0. The maximum atomic E-state index is 10.9. The van der Waals surface area contributed by atoms with Crippen molar-refractivity contribution in [1.29, 1.82) is 0 Å². The van der Waals surface area contributed by atoms with Crippen LogP contribution in [0.25, 0.3) is 22.2 Å². The second-order valence-corrected chi connectivity index (χ2v) is 9.25. The number of rotatable bonds is 9. The Morgan fingerprint density at radius 2 is 1.94 bits per heavy atom. The fraction of sp³-hybridized carbons (Fsp3) is 0.360. The molecule has 4 aromatic heterocycles. The maximum Gasteiger partial charge on any atom is 0.309 e. The third-order valence-electron chi connectivity index (χ3n) is 6.27. The summed E-state index contributed by atoms with van der Waals surface area (Å²) in [4.78, 5) is 22.4. The first-order valence-electron chi connectivity index (χ1n) is 11.8. The van der Waals surface area contributed by atoms with E-state index in [-0.39, 0.29) is 5.92 Å². The predicted molar refractivity (Wildman–Crippen MR) is 132 cm³/mol. The zero-order valence-electron chi connectivity index (χ0n) is 19.8. The molecule has 2 N–H and O–H groups in total. The van der Waals surface area contributed by atoms with Crippen molar-refractivity contribution in [2.45, 2.75) is 32.7 Å². The molecule has 10 heteroatoms. The van der Waals surface area contributed by atoms with Gasteiger partial charge in [0.05, 0.1) is 29.3 Å². The van der Waals surface area contributed by atoms with Crippen LogP contribution in [0.1, 0.15) is 31.7 Å². The van der Waals surface area contributed by atoms with Crippen LogP contribution in [0, 0.1) is 5.92 Å². The van der Waals surface area contributed by atoms with E-state index in [1.165, 1.54) is 0 Å². The highest BCUT2D eigenvalue weighted by molar-refractivity contribution is 5.81. The summed E-state index contributed by atoms with van der Waals surface area (Å²) in [5, 5.41) is 24.9. The number of aromatic nitrogens is 6. The van der Waals surface area contributed by atoms with Crippen molar-refractivity contribution >= 4 is 28.6 Å². The van der Waals surface area contributed by atoms with Crippen molar-refractivity contribution in [2.75, 3.05) is 25.0 Å². The van der Waals surface area contributed by atoms with Crippen LogP contribution in [0.3, 0.4) is 0 Å². The van der Waals surface area contributed by atoms with Gasteiger partial charge in [0.2, 0.25) is 0 Å². The van der Waals surface area contributed by atoms with Crippen molar-refractivity contribution < 1.29 is 9.90 Å². The quantitative estimate of drug-likeness (QED) is 0.376. The molecule has 1 saturated heterocycles. The van der Waals surface area contributed by atoms with Crippen LogP contribution in [0.5, 0.6) is 0 Å². The van der Waals surface area contributed by atoms with E-state index in [1.807, 2.05) is 47.5 Å². The van der Waals surface area contributed by atoms with E-state index in [4.69, 9.17) is 10.1 Å². The van der Waals surface area contributed by atoms with Gasteiger partial charge < -0.3 is 15.3 Å². The second-order valence-electron chi connectivity index (χ2n) is 9.25. The van der Waals surface area contributed by atoms with Crippen molar-refractivity contribution in [3.05, 3.63) is 54.6 Å². The van der Waals surface area contributed by atoms with E-state index in [1.54, 1.807) is 6.20 Å². The van der Waals surface area contributed by atoms with Crippen molar-refractivity contribution in [3.63, 3.8) is 0 Å². The van der Waals surface area contributed by atoms with Gasteiger partial charge in [0.15, 0.2) is 5.82 Å². The summed E-state index contributed by atoms with van der Waals surface area (Å²) in [7, 11) is 0. The van der Waals surface area contributed by atoms with Gasteiger partial charge in [-0.2, -0.15) is 10.2 Å². The Labute approximate surface area is 203 Å². The molecular formula is C25H28N8O2. The number of hydrogen-bond donors (Lipinski definition) is 2. The smallest absolute Gasteiger partial charge is 0.309 e. The van der Waals surface area contributed by atoms with Gasteiger partial charge in [-0.15, -0.1) is 5.10 Å². The summed E-state index contributed by atoms with van der Waals surface area (Å²) in [5.41, 5.74) is 4.62. The Hall–Kier alpha value is -3.92. The Morgan fingerprint density at radius 3 is 2.74 bits per heavy atom. The molecule has 35 heavy (non-hydrogen) atoms. The molecule has 0 radical (unpaired) electrons. The molecule has 180 valence electrons. The number of anilines is 2. The minimum Gasteiger partial charge on any atom is -0.481 e. The highest BCUT2D eigenvalue weighted by Crippen LogP contribution is 2.24. The van der Waals surface area contributed by atoms with Crippen molar-refractivity contribution in [1.82, 2.24) is 34.8 Å². The van der Waals surface area contributed by atoms with E-state index in [0.717, 1.165) is 47.2 Å². The van der Waals surface area contributed by atoms with Gasteiger partial charge in [0.1, 0.15) is 5.82 Å². The van der Waals surface area contributed by atoms with Crippen LogP contribution < -0.4 is 5.32 Å². The number of hydrogen-bond acceptors (Lipinski definition) is 8. The number of aliphatic carboxylic acids is 1. The van der Waals surface area contributed by atoms with Crippen LogP contribution in [0.15, 0.2) is 49.1 Å². The first-order chi connectivity index (χ1) is 16.9. The van der Waals surface area contributed by atoms with Gasteiger partial charge in [-0.3, -0.25) is 14.5 Å². The number of nitrogens with zero attached hydrogens (tertiary/aromatic N) is 7. The molecule has 1 aliphatic heterocycles. The van der Waals surface area contributed by atoms with Crippen LogP contribution in [-0.2, 0) is 11.3 Å². The summed E-state index contributed by atoms with van der Waals surface area (Å²) in [6.07, 6.45) is 8.37. The van der Waals surface area contributed by atoms with Gasteiger partial charge >= 0.3 is 5.97 Å². The number of aryl methyl sites for hydroxylation is 1. The minimum atomic E-state index is -0.701. The van der Waals surface area contributed by atoms with Crippen LogP contribution in [-0.4, -0.2) is 65.6 Å². The monoisotopic (exact) mass is 472 g/mol. The molecule has 1 fully saturated rings. The first kappa shape index (κ1) is 22.9. The van der Waals surface area contributed by atoms with Gasteiger partial charge in [-0.05, 0) is 48.7 Å². The lowest BCUT2D eigenvalue weighted by Gasteiger charge is -2.36. The van der Waals surface area contributed by atoms with Gasteiger partial charge in [0.25, 0.3) is 0 Å². The third kappa shape index (κ3) is 5.27. The fourth-order valence-corrected chi connectivity index (χ4v) is 4.12. The summed E-state index contributed by atoms with van der Waals surface area (Å²) in [6.45, 7) is 7.17. The molecule has 0 spiro atoms. The zero-order chi connectivity index (χ0) is 24.4. The molecule has 0 aliphatic carbocycles. The zero-order valence-corrected chi connectivity index (χ0v) is 19.8. The summed E-state index contributed by atoms with van der Waals surface area (Å²) in [5.74, 6) is 0.787. The molecule has 1 aliphatic rings. The molecule has 0 unspecified atom stereocenters. The molecule has 0 amide bonds. The van der Waals surface area contributed by atoms with Crippen LogP contribution in [0.2, 0.25) is 0 Å². The number of carboxylic acids is 1. The van der Waals surface area contributed by atoms with E-state index < -0.39 is 5.97 Å².